The molecule has 2 aliphatic carbocycles. The molecule has 0 saturated heterocycles. The van der Waals surface area contributed by atoms with E-state index in [0.29, 0.717) is 24.0 Å². The molecule has 2 saturated carbocycles. The molecule has 2 heterocycles. The predicted molar refractivity (Wildman–Crippen MR) is 117 cm³/mol. The van der Waals surface area contributed by atoms with Crippen molar-refractivity contribution in [2.45, 2.75) is 62.9 Å². The standard InChI is InChI=1S/C26H30O5/c1-29-21-9-7-18(8-10-21)14-20(13-17-3-4-17)23-15-22(27)24(25(28)31-23)26(11-2-12-30-26)16-19-5-6-19/h2,7-10,12,15,17,19-20,27H,3-6,11,13-14,16H2,1H3. The van der Waals surface area contributed by atoms with E-state index in [1.807, 2.05) is 30.3 Å². The first-order valence-corrected chi connectivity index (χ1v) is 11.4. The van der Waals surface area contributed by atoms with E-state index in [4.69, 9.17) is 13.9 Å². The van der Waals surface area contributed by atoms with Gasteiger partial charge in [-0.1, -0.05) is 37.8 Å². The smallest absolute Gasteiger partial charge is 0.347 e. The number of ether oxygens (including phenoxy) is 2. The summed E-state index contributed by atoms with van der Waals surface area (Å²) in [5, 5.41) is 11.0. The molecule has 3 aliphatic rings. The van der Waals surface area contributed by atoms with Crippen LogP contribution in [0.1, 0.15) is 67.8 Å². The summed E-state index contributed by atoms with van der Waals surface area (Å²) in [6.07, 6.45) is 11.4. The van der Waals surface area contributed by atoms with Gasteiger partial charge in [-0.3, -0.25) is 0 Å². The summed E-state index contributed by atoms with van der Waals surface area (Å²) >= 11 is 0. The van der Waals surface area contributed by atoms with Crippen LogP contribution in [0.15, 0.2) is 51.9 Å². The van der Waals surface area contributed by atoms with Crippen molar-refractivity contribution in [1.29, 1.82) is 0 Å². The molecule has 1 aromatic carbocycles. The Balaban J connectivity index is 1.44. The normalized spacial score (nSPS) is 23.5. The molecule has 0 bridgehead atoms. The number of aromatic hydroxyl groups is 1. The van der Waals surface area contributed by atoms with Gasteiger partial charge in [0.25, 0.3) is 0 Å². The Morgan fingerprint density at radius 1 is 1.16 bits per heavy atom. The summed E-state index contributed by atoms with van der Waals surface area (Å²) in [4.78, 5) is 13.1. The molecule has 1 N–H and O–H groups in total. The van der Waals surface area contributed by atoms with Crippen LogP contribution in [0.4, 0.5) is 0 Å². The third-order valence-corrected chi connectivity index (χ3v) is 6.92. The topological polar surface area (TPSA) is 68.9 Å². The number of benzene rings is 1. The Kier molecular flexibility index (Phi) is 5.28. The molecule has 0 radical (unpaired) electrons. The molecule has 5 rings (SSSR count). The molecule has 5 nitrogen and oxygen atoms in total. The van der Waals surface area contributed by atoms with Crippen molar-refractivity contribution in [1.82, 2.24) is 0 Å². The zero-order valence-corrected chi connectivity index (χ0v) is 18.0. The lowest BCUT2D eigenvalue weighted by atomic mass is 9.85. The summed E-state index contributed by atoms with van der Waals surface area (Å²) in [5.74, 6) is 2.67. The molecular formula is C26H30O5. The Labute approximate surface area is 182 Å². The molecule has 31 heavy (non-hydrogen) atoms. The molecule has 0 amide bonds. The summed E-state index contributed by atoms with van der Waals surface area (Å²) in [5.41, 5.74) is 0.190. The molecule has 0 spiro atoms. The average molecular weight is 423 g/mol. The van der Waals surface area contributed by atoms with Crippen LogP contribution in [0.5, 0.6) is 11.5 Å². The molecule has 164 valence electrons. The molecule has 2 aromatic rings. The van der Waals surface area contributed by atoms with Gasteiger partial charge >= 0.3 is 5.63 Å². The summed E-state index contributed by atoms with van der Waals surface area (Å²) in [7, 11) is 1.66. The van der Waals surface area contributed by atoms with Gasteiger partial charge in [-0.25, -0.2) is 4.79 Å². The maximum atomic E-state index is 13.1. The van der Waals surface area contributed by atoms with Crippen molar-refractivity contribution in [3.63, 3.8) is 0 Å². The lowest BCUT2D eigenvalue weighted by Crippen LogP contribution is -2.32. The van der Waals surface area contributed by atoms with E-state index >= 15 is 0 Å². The van der Waals surface area contributed by atoms with E-state index in [-0.39, 0.29) is 17.2 Å². The van der Waals surface area contributed by atoms with Crippen LogP contribution in [-0.2, 0) is 16.8 Å². The molecule has 1 aliphatic heterocycles. The van der Waals surface area contributed by atoms with E-state index in [1.54, 1.807) is 19.4 Å². The minimum atomic E-state index is -0.785. The van der Waals surface area contributed by atoms with Gasteiger partial charge < -0.3 is 19.0 Å². The fraction of sp³-hybridized carbons (Fsp3) is 0.500. The highest BCUT2D eigenvalue weighted by atomic mass is 16.5. The number of hydrogen-bond acceptors (Lipinski definition) is 5. The average Bonchev–Trinajstić information content (AvgIpc) is 3.68. The van der Waals surface area contributed by atoms with Crippen molar-refractivity contribution in [3.05, 3.63) is 70.0 Å². The second kappa shape index (κ2) is 8.10. The van der Waals surface area contributed by atoms with Gasteiger partial charge in [-0.05, 0) is 54.9 Å². The van der Waals surface area contributed by atoms with Gasteiger partial charge in [0, 0.05) is 18.4 Å². The van der Waals surface area contributed by atoms with Gasteiger partial charge in [-0.15, -0.1) is 0 Å². The maximum absolute atomic E-state index is 13.1. The summed E-state index contributed by atoms with van der Waals surface area (Å²) in [6.45, 7) is 0. The SMILES string of the molecule is COc1ccc(CC(CC2CC2)c2cc(O)c(C3(CC4CC4)CC=CO3)c(=O)o2)cc1. The predicted octanol–water partition coefficient (Wildman–Crippen LogP) is 5.41. The first-order chi connectivity index (χ1) is 15.1. The molecule has 5 heteroatoms. The van der Waals surface area contributed by atoms with Crippen molar-refractivity contribution in [2.24, 2.45) is 11.8 Å². The zero-order valence-electron chi connectivity index (χ0n) is 18.0. The van der Waals surface area contributed by atoms with Gasteiger partial charge in [0.15, 0.2) is 0 Å². The Bertz CT molecular complexity index is 1000. The fourth-order valence-electron chi connectivity index (χ4n) is 4.87. The van der Waals surface area contributed by atoms with E-state index in [9.17, 15) is 9.90 Å². The Hall–Kier alpha value is -2.69. The van der Waals surface area contributed by atoms with Crippen molar-refractivity contribution in [2.75, 3.05) is 7.11 Å². The number of rotatable bonds is 9. The second-order valence-electron chi connectivity index (χ2n) is 9.46. The highest BCUT2D eigenvalue weighted by Crippen LogP contribution is 2.48. The van der Waals surface area contributed by atoms with Crippen molar-refractivity contribution < 1.29 is 19.0 Å². The third-order valence-electron chi connectivity index (χ3n) is 6.92. The molecule has 2 unspecified atom stereocenters. The summed E-state index contributed by atoms with van der Waals surface area (Å²) in [6, 6.07) is 9.67. The van der Waals surface area contributed by atoms with E-state index in [2.05, 4.69) is 0 Å². The second-order valence-corrected chi connectivity index (χ2v) is 9.46. The largest absolute Gasteiger partial charge is 0.507 e. The highest BCUT2D eigenvalue weighted by molar-refractivity contribution is 5.38. The fourth-order valence-corrected chi connectivity index (χ4v) is 4.87. The lowest BCUT2D eigenvalue weighted by molar-refractivity contribution is 0.0209. The van der Waals surface area contributed by atoms with Crippen molar-refractivity contribution in [3.8, 4) is 11.5 Å². The van der Waals surface area contributed by atoms with Gasteiger partial charge in [0.05, 0.1) is 13.4 Å². The van der Waals surface area contributed by atoms with Crippen LogP contribution >= 0.6 is 0 Å². The number of methoxy groups -OCH3 is 1. The molecule has 1 aromatic heterocycles. The van der Waals surface area contributed by atoms with Crippen LogP contribution in [-0.4, -0.2) is 12.2 Å². The van der Waals surface area contributed by atoms with E-state index in [1.165, 1.54) is 12.8 Å². The number of hydrogen-bond donors (Lipinski definition) is 1. The lowest BCUT2D eigenvalue weighted by Gasteiger charge is -2.29. The summed E-state index contributed by atoms with van der Waals surface area (Å²) < 4.78 is 17.1. The molecule has 2 atom stereocenters. The zero-order chi connectivity index (χ0) is 21.4. The monoisotopic (exact) mass is 422 g/mol. The van der Waals surface area contributed by atoms with Gasteiger partial charge in [-0.2, -0.15) is 0 Å². The van der Waals surface area contributed by atoms with Gasteiger partial charge in [0.2, 0.25) is 0 Å². The Morgan fingerprint density at radius 3 is 2.48 bits per heavy atom. The van der Waals surface area contributed by atoms with Crippen LogP contribution < -0.4 is 10.4 Å². The quantitative estimate of drug-likeness (QED) is 0.585. The van der Waals surface area contributed by atoms with Gasteiger partial charge in [0.1, 0.15) is 28.4 Å². The van der Waals surface area contributed by atoms with Crippen molar-refractivity contribution >= 4 is 0 Å². The molecular weight excluding hydrogens is 392 g/mol. The van der Waals surface area contributed by atoms with Crippen LogP contribution in [0, 0.1) is 11.8 Å². The molecule has 2 fully saturated rings. The Morgan fingerprint density at radius 2 is 1.90 bits per heavy atom. The maximum Gasteiger partial charge on any atom is 0.347 e. The first kappa shape index (κ1) is 20.2. The minimum absolute atomic E-state index is 0.00567. The van der Waals surface area contributed by atoms with E-state index in [0.717, 1.165) is 43.4 Å². The van der Waals surface area contributed by atoms with E-state index < -0.39 is 11.2 Å². The van der Waals surface area contributed by atoms with Crippen LogP contribution in [0.3, 0.4) is 0 Å². The third kappa shape index (κ3) is 4.36. The first-order valence-electron chi connectivity index (χ1n) is 11.4. The van der Waals surface area contributed by atoms with Crippen LogP contribution in [0.2, 0.25) is 0 Å². The highest BCUT2D eigenvalue weighted by Gasteiger charge is 2.45. The minimum Gasteiger partial charge on any atom is -0.507 e. The van der Waals surface area contributed by atoms with Crippen LogP contribution in [0.25, 0.3) is 0 Å².